The van der Waals surface area contributed by atoms with Gasteiger partial charge in [-0.25, -0.2) is 28.8 Å². The van der Waals surface area contributed by atoms with Crippen LogP contribution in [0, 0.1) is 57.2 Å². The maximum atomic E-state index is 15.6. The van der Waals surface area contributed by atoms with Crippen LogP contribution in [0.25, 0.3) is 0 Å². The molecule has 5 heterocycles. The molecule has 6 aromatic rings. The highest BCUT2D eigenvalue weighted by atomic mass is 16.8. The van der Waals surface area contributed by atoms with Gasteiger partial charge in [-0.1, -0.05) is 149 Å². The quantitative estimate of drug-likeness (QED) is 0.0367. The highest BCUT2D eigenvalue weighted by molar-refractivity contribution is 5.93. The molecule has 121 heavy (non-hydrogen) atoms. The Labute approximate surface area is 706 Å². The van der Waals surface area contributed by atoms with Gasteiger partial charge < -0.3 is 75.8 Å². The zero-order chi connectivity index (χ0) is 85.5. The predicted molar refractivity (Wildman–Crippen MR) is 437 cm³/mol. The van der Waals surface area contributed by atoms with Gasteiger partial charge in [0.1, 0.15) is 18.8 Å². The van der Waals surface area contributed by atoms with Gasteiger partial charge in [0, 0.05) is 12.3 Å². The van der Waals surface area contributed by atoms with Crippen LogP contribution in [0.4, 0.5) is 0 Å². The summed E-state index contributed by atoms with van der Waals surface area (Å²) in [5, 5.41) is 0. The van der Waals surface area contributed by atoms with Crippen molar-refractivity contribution in [3.8, 4) is 0 Å². The molecular weight excluding hydrogens is 1550 g/mol. The number of esters is 8. The van der Waals surface area contributed by atoms with Crippen molar-refractivity contribution in [1.82, 2.24) is 0 Å². The minimum Gasteiger partial charge on any atom is -0.462 e. The predicted octanol–water partition coefficient (Wildman–Crippen LogP) is 15.6. The normalized spacial score (nSPS) is 34.9. The summed E-state index contributed by atoms with van der Waals surface area (Å²) < 4.78 is 110. The van der Waals surface area contributed by atoms with E-state index in [1.807, 2.05) is 0 Å². The monoisotopic (exact) mass is 1660 g/mol. The lowest BCUT2D eigenvalue weighted by molar-refractivity contribution is -0.388. The molecule has 0 amide bonds. The van der Waals surface area contributed by atoms with Gasteiger partial charge in [0.25, 0.3) is 0 Å². The first-order valence-corrected chi connectivity index (χ1v) is 42.8. The number of hydrogen-bond donors (Lipinski definition) is 0. The fourth-order valence-corrected chi connectivity index (χ4v) is 20.1. The van der Waals surface area contributed by atoms with E-state index in [-0.39, 0.29) is 56.2 Å². The molecule has 6 aromatic carbocycles. The van der Waals surface area contributed by atoms with Gasteiger partial charge in [0.15, 0.2) is 73.5 Å². The molecular formula is C97H112O24. The van der Waals surface area contributed by atoms with E-state index in [1.54, 1.807) is 170 Å². The number of ether oxygens (including phenoxy) is 16. The summed E-state index contributed by atoms with van der Waals surface area (Å²) in [6.07, 6.45) is -16.7. The summed E-state index contributed by atoms with van der Waals surface area (Å²) in [4.78, 5) is 119. The molecule has 1 spiro atoms. The van der Waals surface area contributed by atoms with Gasteiger partial charge in [-0.2, -0.15) is 0 Å². The highest BCUT2D eigenvalue weighted by Gasteiger charge is 2.70. The molecule has 8 fully saturated rings. The van der Waals surface area contributed by atoms with E-state index in [0.29, 0.717) is 55.5 Å². The van der Waals surface area contributed by atoms with Crippen LogP contribution < -0.4 is 0 Å². The minimum absolute atomic E-state index is 0.0327. The SMILES string of the molecule is CC1CC[C@@]2(OC1)O[C@H]1C[C@H]3[C@@H]4CC=C5C[C@@H](O[C@@H]6O[C@H](COC(=O)C(C)(C)C)[C@@H](O[C@@H]7O[C@@H](C)[C@H](OC(=O)c8ccccc8)[C@@H](OC(=O)c8ccccc8)[C@H]7OC(=O)c7ccccc7)[C@H](OC(=O)C(C)(C)C)[C@H]6O[C@@H]6O[C@@H](C)[C@H](OC(=O)c7ccccc7)[C@@H](OC(=O)c7ccccc7)[C@H]6OC(=O)c6ccccc6)CC[C@]5(C)[C@H]4CC[C@]3(C)[C@H]1[C@@H]2C. The Morgan fingerprint density at radius 2 is 0.826 bits per heavy atom. The number of allylic oxidation sites excluding steroid dienone is 1. The van der Waals surface area contributed by atoms with Gasteiger partial charge in [0.2, 0.25) is 0 Å². The first kappa shape index (κ1) is 86.4. The van der Waals surface area contributed by atoms with E-state index in [2.05, 4.69) is 33.8 Å². The van der Waals surface area contributed by atoms with Crippen molar-refractivity contribution >= 4 is 47.8 Å². The molecule has 3 saturated carbocycles. The zero-order valence-electron chi connectivity index (χ0n) is 70.8. The third-order valence-corrected chi connectivity index (χ3v) is 26.6. The summed E-state index contributed by atoms with van der Waals surface area (Å²) in [5.74, 6) is -5.35. The zero-order valence-corrected chi connectivity index (χ0v) is 70.8. The average Bonchev–Trinajstić information content (AvgIpc) is 1.54. The summed E-state index contributed by atoms with van der Waals surface area (Å²) in [6.45, 7) is 22.5. The molecule has 9 aliphatic rings. The Bertz CT molecular complexity index is 4680. The van der Waals surface area contributed by atoms with Crippen molar-refractivity contribution in [1.29, 1.82) is 0 Å². The topological polar surface area (TPSA) is 284 Å². The highest BCUT2D eigenvalue weighted by Crippen LogP contribution is 2.71. The van der Waals surface area contributed by atoms with Gasteiger partial charge in [-0.15, -0.1) is 0 Å². The number of carbonyl (C=O) groups is 8. The molecule has 5 saturated heterocycles. The molecule has 1 unspecified atom stereocenters. The third kappa shape index (κ3) is 18.2. The van der Waals surface area contributed by atoms with E-state index >= 15 is 14.4 Å². The fourth-order valence-electron chi connectivity index (χ4n) is 20.1. The van der Waals surface area contributed by atoms with Crippen molar-refractivity contribution < 1.29 is 114 Å². The van der Waals surface area contributed by atoms with Crippen molar-refractivity contribution in [3.05, 3.63) is 227 Å². The van der Waals surface area contributed by atoms with Crippen LogP contribution in [0.15, 0.2) is 194 Å². The van der Waals surface area contributed by atoms with Crippen LogP contribution in [-0.2, 0) is 85.4 Å². The van der Waals surface area contributed by atoms with Crippen LogP contribution >= 0.6 is 0 Å². The van der Waals surface area contributed by atoms with Gasteiger partial charge in [-0.3, -0.25) is 9.59 Å². The molecule has 15 rings (SSSR count). The number of benzene rings is 6. The van der Waals surface area contributed by atoms with Gasteiger partial charge in [0.05, 0.1) is 75.2 Å². The largest absolute Gasteiger partial charge is 0.462 e. The summed E-state index contributed by atoms with van der Waals surface area (Å²) in [6, 6.07) is 48.1. The van der Waals surface area contributed by atoms with Crippen molar-refractivity contribution in [2.75, 3.05) is 13.2 Å². The molecule has 0 N–H and O–H groups in total. The average molecular weight is 1660 g/mol. The van der Waals surface area contributed by atoms with Crippen molar-refractivity contribution in [2.24, 2.45) is 57.2 Å². The Morgan fingerprint density at radius 3 is 1.25 bits per heavy atom. The van der Waals surface area contributed by atoms with Crippen molar-refractivity contribution in [2.45, 2.75) is 251 Å². The van der Waals surface area contributed by atoms with Crippen LogP contribution in [0.3, 0.4) is 0 Å². The van der Waals surface area contributed by atoms with Crippen LogP contribution in [0.5, 0.6) is 0 Å². The molecule has 0 aromatic heterocycles. The van der Waals surface area contributed by atoms with Gasteiger partial charge in [-0.05, 0) is 220 Å². The molecule has 5 aliphatic heterocycles. The summed E-state index contributed by atoms with van der Waals surface area (Å²) in [7, 11) is 0. The Balaban J connectivity index is 0.853. The second-order valence-electron chi connectivity index (χ2n) is 36.8. The Morgan fingerprint density at radius 1 is 0.421 bits per heavy atom. The van der Waals surface area contributed by atoms with E-state index < -0.39 is 169 Å². The van der Waals surface area contributed by atoms with E-state index in [9.17, 15) is 24.0 Å². The second-order valence-corrected chi connectivity index (χ2v) is 36.8. The summed E-state index contributed by atoms with van der Waals surface area (Å²) in [5.41, 5.74) is -1.02. The maximum Gasteiger partial charge on any atom is 0.338 e. The number of rotatable bonds is 21. The lowest BCUT2D eigenvalue weighted by Gasteiger charge is -2.59. The van der Waals surface area contributed by atoms with Crippen LogP contribution in [0.2, 0.25) is 0 Å². The first-order chi connectivity index (χ1) is 57.9. The molecule has 26 atom stereocenters. The third-order valence-electron chi connectivity index (χ3n) is 26.6. The number of hydrogen-bond acceptors (Lipinski definition) is 24. The second kappa shape index (κ2) is 35.8. The van der Waals surface area contributed by atoms with E-state index in [0.717, 1.165) is 38.5 Å². The molecule has 0 radical (unpaired) electrons. The molecule has 24 nitrogen and oxygen atoms in total. The molecule has 24 heteroatoms. The minimum atomic E-state index is -1.96. The van der Waals surface area contributed by atoms with Gasteiger partial charge >= 0.3 is 47.8 Å². The van der Waals surface area contributed by atoms with Crippen LogP contribution in [0.1, 0.15) is 203 Å². The fraction of sp³-hybridized carbons (Fsp3) is 0.526. The van der Waals surface area contributed by atoms with E-state index in [1.165, 1.54) is 73.2 Å². The molecule has 4 aliphatic carbocycles. The lowest BCUT2D eigenvalue weighted by atomic mass is 9.47. The Hall–Kier alpha value is -9.50. The molecule has 0 bridgehead atoms. The molecule has 644 valence electrons. The van der Waals surface area contributed by atoms with Crippen LogP contribution in [-0.4, -0.2) is 171 Å². The van der Waals surface area contributed by atoms with E-state index in [4.69, 9.17) is 75.8 Å². The lowest BCUT2D eigenvalue weighted by Crippen LogP contribution is -2.68. The number of fused-ring (bicyclic) bond motifs is 7. The smallest absolute Gasteiger partial charge is 0.338 e. The van der Waals surface area contributed by atoms with Crippen molar-refractivity contribution in [3.63, 3.8) is 0 Å². The maximum absolute atomic E-state index is 15.6. The summed E-state index contributed by atoms with van der Waals surface area (Å²) >= 11 is 0. The first-order valence-electron chi connectivity index (χ1n) is 42.8. The number of carbonyl (C=O) groups excluding carboxylic acids is 8. The standard InChI is InChI=1S/C97H112O24/c1-55-45-50-97(107-53-55)56(2)72-70(121-97)52-69-67-44-43-65-51-66(46-48-95(65,11)68(67)47-49-96(69,72)12)110-90-81(119-89-80(117-87(103)64-41-29-18-30-42-64)77(115-85(101)62-37-25-16-26-38-62)74(58(4)109-89)113-83(99)60-33-21-14-22-34-60)78(120-92(105)94(8,9)10)75(71(111-90)54-106-91(104)93(5,6)7)118-88-79(116-86(102)63-39-27-17-28-40-63)76(114-84(100)61-35-23-15-24-36-61)73(57(3)108-88)112-82(98)59-31-19-13-20-32-59/h13-43,55-58,66-81,88-90H,44-54H2,1-12H3/t55?,56-,57-,58-,66-,67+,68-,69-,70-,71+,72-,73-,74-,75+,76+,77+,78-,79+,80+,81+,88-,89-,90+,95-,96-,97+/m0/s1. The Kier molecular flexibility index (Phi) is 25.5.